The van der Waals surface area contributed by atoms with E-state index in [1.165, 1.54) is 4.31 Å². The molecule has 0 radical (unpaired) electrons. The molecule has 3 rings (SSSR count). The third-order valence-electron chi connectivity index (χ3n) is 2.84. The van der Waals surface area contributed by atoms with Crippen LogP contribution in [0.4, 0.5) is 0 Å². The van der Waals surface area contributed by atoms with Crippen LogP contribution < -0.4 is 0 Å². The fraction of sp³-hybridized carbons (Fsp3) is 0.0714. The summed E-state index contributed by atoms with van der Waals surface area (Å²) in [5.74, 6) is -0.220. The first-order valence-electron chi connectivity index (χ1n) is 5.75. The Hall–Kier alpha value is -0.601. The van der Waals surface area contributed by atoms with Crippen LogP contribution in [0.2, 0.25) is 0 Å². The maximum absolute atomic E-state index is 12.8. The van der Waals surface area contributed by atoms with Crippen molar-refractivity contribution in [3.63, 3.8) is 0 Å². The Morgan fingerprint density at radius 3 is 2.77 bits per heavy atom. The summed E-state index contributed by atoms with van der Waals surface area (Å²) >= 11 is 8.40. The van der Waals surface area contributed by atoms with Gasteiger partial charge in [0.25, 0.3) is 0 Å². The summed E-state index contributed by atoms with van der Waals surface area (Å²) in [6.07, 6.45) is 0. The van der Waals surface area contributed by atoms with Crippen LogP contribution in [0.25, 0.3) is 9.65 Å². The average Bonchev–Trinajstić information content (AvgIpc) is 3.05. The summed E-state index contributed by atoms with van der Waals surface area (Å²) in [5.41, 5.74) is 10.7. The van der Waals surface area contributed by atoms with Crippen molar-refractivity contribution < 1.29 is 9.00 Å². The van der Waals surface area contributed by atoms with E-state index in [1.807, 2.05) is 0 Å². The van der Waals surface area contributed by atoms with E-state index in [1.54, 1.807) is 18.3 Å². The molecule has 1 aliphatic heterocycles. The molecule has 0 fully saturated rings. The van der Waals surface area contributed by atoms with Crippen LogP contribution >= 0.6 is 43.2 Å². The van der Waals surface area contributed by atoms with E-state index in [-0.39, 0.29) is 20.4 Å². The van der Waals surface area contributed by atoms with E-state index >= 15 is 0 Å². The van der Waals surface area contributed by atoms with Crippen LogP contribution in [0.15, 0.2) is 47.7 Å². The Morgan fingerprint density at radius 2 is 2.09 bits per heavy atom. The Morgan fingerprint density at radius 1 is 1.36 bits per heavy atom. The number of rotatable bonds is 1. The minimum absolute atomic E-state index is 0.144. The van der Waals surface area contributed by atoms with Crippen LogP contribution in [-0.4, -0.2) is 28.9 Å². The minimum atomic E-state index is -1.56. The van der Waals surface area contributed by atoms with Crippen LogP contribution in [0, 0.1) is 0 Å². The second kappa shape index (κ2) is 6.13. The number of hydrogen-bond donors (Lipinski definition) is 0. The molecule has 1 atom stereocenters. The number of amides is 1. The molecule has 0 saturated carbocycles. The van der Waals surface area contributed by atoms with E-state index in [9.17, 15) is 9.00 Å². The second-order valence-corrected chi connectivity index (χ2v) is 11.2. The number of fused-ring (bicyclic) bond motifs is 3. The van der Waals surface area contributed by atoms with Crippen LogP contribution in [0.1, 0.15) is 16.2 Å². The number of carbonyl (C=O) groups is 1. The molecule has 2 aromatic rings. The van der Waals surface area contributed by atoms with Crippen molar-refractivity contribution in [2.24, 2.45) is 0 Å². The van der Waals surface area contributed by atoms with Gasteiger partial charge in [0, 0.05) is 0 Å². The van der Waals surface area contributed by atoms with E-state index in [0.29, 0.717) is 15.0 Å². The summed E-state index contributed by atoms with van der Waals surface area (Å²) in [5, 5.41) is 0.902. The van der Waals surface area contributed by atoms with E-state index in [0.717, 1.165) is 17.2 Å². The van der Waals surface area contributed by atoms with Crippen LogP contribution in [-0.2, 0) is 11.0 Å². The fourth-order valence-corrected chi connectivity index (χ4v) is 10.7. The fourth-order valence-electron chi connectivity index (χ4n) is 1.97. The Balaban J connectivity index is 2.25. The van der Waals surface area contributed by atoms with Gasteiger partial charge in [-0.1, -0.05) is 0 Å². The number of allylic oxidation sites excluding steroid dienone is 1. The molecule has 1 aliphatic rings. The number of halogens is 2. The quantitative estimate of drug-likeness (QED) is 0.418. The van der Waals surface area contributed by atoms with E-state index in [2.05, 4.69) is 61.4 Å². The molecule has 0 saturated heterocycles. The number of nitrogens with zero attached hydrogens (tertiary/aromatic N) is 1. The summed E-state index contributed by atoms with van der Waals surface area (Å²) < 4.78 is 17.7. The first-order chi connectivity index (χ1) is 10.5. The van der Waals surface area contributed by atoms with Crippen molar-refractivity contribution in [2.75, 3.05) is 0 Å². The summed E-state index contributed by atoms with van der Waals surface area (Å²) in [7, 11) is -1.56. The van der Waals surface area contributed by atoms with Gasteiger partial charge in [-0.05, 0) is 0 Å². The predicted octanol–water partition coefficient (Wildman–Crippen LogP) is 4.12. The topological polar surface area (TPSA) is 37.4 Å². The zero-order valence-electron chi connectivity index (χ0n) is 11.0. The molecule has 1 amide bonds. The van der Waals surface area contributed by atoms with Crippen molar-refractivity contribution in [2.45, 2.75) is 11.8 Å². The Labute approximate surface area is 155 Å². The van der Waals surface area contributed by atoms with Crippen molar-refractivity contribution in [1.82, 2.24) is 4.31 Å². The monoisotopic (exact) mass is 521 g/mol. The molecule has 0 N–H and O–H groups in total. The van der Waals surface area contributed by atoms with Gasteiger partial charge in [0.15, 0.2) is 0 Å². The number of carbonyl (C=O) groups excluding carboxylic acids is 1. The molecule has 0 bridgehead atoms. The first-order valence-corrected chi connectivity index (χ1v) is 11.0. The third kappa shape index (κ3) is 2.39. The van der Waals surface area contributed by atoms with Crippen molar-refractivity contribution in [3.05, 3.63) is 47.2 Å². The van der Waals surface area contributed by atoms with E-state index < -0.39 is 11.0 Å². The molecular weight excluding hydrogens is 517 g/mol. The van der Waals surface area contributed by atoms with E-state index in [4.69, 9.17) is 0 Å². The molecule has 110 valence electrons. The maximum atomic E-state index is 12.8. The van der Waals surface area contributed by atoms with Gasteiger partial charge in [-0.3, -0.25) is 0 Å². The normalized spacial score (nSPS) is 16.0. The summed E-state index contributed by atoms with van der Waals surface area (Å²) in [4.78, 5) is 13.2. The average molecular weight is 522 g/mol. The first kappa shape index (κ1) is 16.3. The molecule has 8 heteroatoms. The molecule has 0 aromatic carbocycles. The van der Waals surface area contributed by atoms with Crippen molar-refractivity contribution in [3.8, 4) is 0 Å². The van der Waals surface area contributed by atoms with Gasteiger partial charge in [0.05, 0.1) is 0 Å². The summed E-state index contributed by atoms with van der Waals surface area (Å²) in [6.45, 7) is 5.03. The second-order valence-electron chi connectivity index (χ2n) is 4.10. The zero-order valence-corrected chi connectivity index (χ0v) is 17.5. The third-order valence-corrected chi connectivity index (χ3v) is 10.6. The predicted molar refractivity (Wildman–Crippen MR) is 95.6 cm³/mol. The summed E-state index contributed by atoms with van der Waals surface area (Å²) in [6, 6.07) is 0. The van der Waals surface area contributed by atoms with Gasteiger partial charge >= 0.3 is 157 Å². The van der Waals surface area contributed by atoms with Crippen LogP contribution in [0.3, 0.4) is 0 Å². The van der Waals surface area contributed by atoms with Crippen LogP contribution in [0.5, 0.6) is 0 Å². The molecule has 0 spiro atoms. The standard InChI is InChI=1S/C14H5Br2NO2S2Se/c1-3-4-5-6-7(2)17-14(18)11-9(21(17)19)8-10(22-11)13(16)20-12(8)15/h1H2,2H3. The van der Waals surface area contributed by atoms with Gasteiger partial charge < -0.3 is 0 Å². The van der Waals surface area contributed by atoms with Crippen molar-refractivity contribution >= 4 is 84.2 Å². The Kier molecular flexibility index (Phi) is 4.53. The van der Waals surface area contributed by atoms with Crippen molar-refractivity contribution in [1.29, 1.82) is 0 Å². The zero-order chi connectivity index (χ0) is 16.0. The molecule has 0 aliphatic carbocycles. The molecule has 22 heavy (non-hydrogen) atoms. The molecule has 1 unspecified atom stereocenters. The van der Waals surface area contributed by atoms with Gasteiger partial charge in [0.1, 0.15) is 0 Å². The number of hydrogen-bond acceptors (Lipinski definition) is 3. The molecule has 2 aromatic heterocycles. The van der Waals surface area contributed by atoms with Gasteiger partial charge in [-0.2, -0.15) is 0 Å². The molecular formula is C14H5Br2NO2S2Se. The SMILES string of the molecule is C=C=C=C=C=C(C)N1C(=O)c2[se]c3c(Br)sc(Br)c3c2S1=O. The van der Waals surface area contributed by atoms with Gasteiger partial charge in [-0.15, -0.1) is 0 Å². The van der Waals surface area contributed by atoms with Gasteiger partial charge in [0.2, 0.25) is 0 Å². The molecule has 3 nitrogen and oxygen atoms in total. The number of thiophene rings is 1. The molecule has 3 heterocycles. The Bertz CT molecular complexity index is 1030. The van der Waals surface area contributed by atoms with Gasteiger partial charge in [-0.25, -0.2) is 0 Å².